The predicted molar refractivity (Wildman–Crippen MR) is 150 cm³/mol. The van der Waals surface area contributed by atoms with E-state index in [0.29, 0.717) is 0 Å². The minimum atomic E-state index is -4.18. The van der Waals surface area contributed by atoms with Crippen LogP contribution in [0.3, 0.4) is 0 Å². The molecule has 5 rings (SSSR count). The highest BCUT2D eigenvalue weighted by Gasteiger charge is 2.63. The van der Waals surface area contributed by atoms with Gasteiger partial charge in [0, 0.05) is 29.1 Å². The van der Waals surface area contributed by atoms with Gasteiger partial charge in [0.05, 0.1) is 11.7 Å². The number of aromatic nitrogens is 2. The van der Waals surface area contributed by atoms with Crippen LogP contribution < -0.4 is 14.9 Å². The predicted octanol–water partition coefficient (Wildman–Crippen LogP) is 4.42. The van der Waals surface area contributed by atoms with Crippen LogP contribution in [0.15, 0.2) is 67.0 Å². The summed E-state index contributed by atoms with van der Waals surface area (Å²) in [5, 5.41) is 5.94. The number of anilines is 2. The van der Waals surface area contributed by atoms with Crippen molar-refractivity contribution in [1.82, 2.24) is 15.3 Å². The summed E-state index contributed by atoms with van der Waals surface area (Å²) in [5.41, 5.74) is -1.67. The molecule has 9 nitrogen and oxygen atoms in total. The lowest BCUT2D eigenvalue weighted by atomic mass is 9.75. The number of hydrogen-bond donors (Lipinski definition) is 2. The fraction of sp³-hybridized carbons (Fsp3) is 0.357. The lowest BCUT2D eigenvalue weighted by molar-refractivity contribution is -0.130. The summed E-state index contributed by atoms with van der Waals surface area (Å²) < 4.78 is 42.2. The van der Waals surface area contributed by atoms with E-state index in [-0.39, 0.29) is 34.7 Å². The highest BCUT2D eigenvalue weighted by atomic mass is 35.5. The van der Waals surface area contributed by atoms with Gasteiger partial charge in [-0.15, -0.1) is 0 Å². The van der Waals surface area contributed by atoms with E-state index in [1.807, 2.05) is 0 Å². The molecule has 210 valence electrons. The maximum atomic E-state index is 14.4. The summed E-state index contributed by atoms with van der Waals surface area (Å²) in [6.45, 7) is 0. The summed E-state index contributed by atoms with van der Waals surface area (Å²) in [4.78, 5) is 37.0. The van der Waals surface area contributed by atoms with Crippen molar-refractivity contribution in [2.45, 2.75) is 56.0 Å². The zero-order chi connectivity index (χ0) is 28.3. The first-order valence-corrected chi connectivity index (χ1v) is 15.1. The molecule has 2 heterocycles. The fourth-order valence-electron chi connectivity index (χ4n) is 5.68. The monoisotopic (exact) mass is 585 g/mol. The molecular weight excluding hydrogens is 557 g/mol. The number of hydrogen-bond acceptors (Lipinski definition) is 6. The topological polar surface area (TPSA) is 121 Å². The Hall–Kier alpha value is -3.57. The van der Waals surface area contributed by atoms with Gasteiger partial charge in [-0.25, -0.2) is 27.1 Å². The molecule has 12 heteroatoms. The molecule has 2 aliphatic rings. The van der Waals surface area contributed by atoms with Crippen LogP contribution in [0.1, 0.15) is 50.0 Å². The Morgan fingerprint density at radius 2 is 1.75 bits per heavy atom. The third-order valence-electron chi connectivity index (χ3n) is 7.50. The van der Waals surface area contributed by atoms with Crippen LogP contribution in [0.25, 0.3) is 0 Å². The van der Waals surface area contributed by atoms with Crippen LogP contribution in [-0.4, -0.2) is 47.5 Å². The number of carbonyl (C=O) groups is 2. The first kappa shape index (κ1) is 28.0. The van der Waals surface area contributed by atoms with Gasteiger partial charge < -0.3 is 10.6 Å². The highest BCUT2D eigenvalue weighted by molar-refractivity contribution is 7.93. The number of amides is 2. The molecule has 1 unspecified atom stereocenters. The van der Waals surface area contributed by atoms with Crippen LogP contribution in [0, 0.1) is 5.82 Å². The van der Waals surface area contributed by atoms with Crippen molar-refractivity contribution in [3.8, 4) is 0 Å². The molecule has 2 fully saturated rings. The van der Waals surface area contributed by atoms with Crippen molar-refractivity contribution in [2.75, 3.05) is 15.4 Å². The number of halogens is 2. The van der Waals surface area contributed by atoms with Crippen molar-refractivity contribution >= 4 is 45.1 Å². The van der Waals surface area contributed by atoms with E-state index >= 15 is 0 Å². The Bertz CT molecular complexity index is 1500. The average molecular weight is 586 g/mol. The molecule has 1 aliphatic carbocycles. The van der Waals surface area contributed by atoms with Gasteiger partial charge in [0.15, 0.2) is 5.54 Å². The Labute approximate surface area is 237 Å². The zero-order valence-electron chi connectivity index (χ0n) is 21.6. The highest BCUT2D eigenvalue weighted by Crippen LogP contribution is 2.47. The number of nitrogens with one attached hydrogen (secondary N) is 2. The molecule has 1 aliphatic heterocycles. The molecule has 2 amide bonds. The molecule has 40 heavy (non-hydrogen) atoms. The van der Waals surface area contributed by atoms with Gasteiger partial charge in [-0.3, -0.25) is 9.59 Å². The van der Waals surface area contributed by atoms with Gasteiger partial charge in [0.1, 0.15) is 5.82 Å². The Morgan fingerprint density at radius 1 is 1.02 bits per heavy atom. The van der Waals surface area contributed by atoms with Crippen LogP contribution >= 0.6 is 11.6 Å². The normalized spacial score (nSPS) is 21.5. The van der Waals surface area contributed by atoms with Crippen molar-refractivity contribution in [3.63, 3.8) is 0 Å². The van der Waals surface area contributed by atoms with Gasteiger partial charge in [-0.2, -0.15) is 0 Å². The first-order valence-electron chi connectivity index (χ1n) is 13.1. The summed E-state index contributed by atoms with van der Waals surface area (Å²) >= 11 is 6.64. The van der Waals surface area contributed by atoms with E-state index in [1.54, 1.807) is 24.3 Å². The van der Waals surface area contributed by atoms with Crippen molar-refractivity contribution in [3.05, 3.63) is 83.4 Å². The number of carbonyl (C=O) groups excluding carboxylic acids is 2. The van der Waals surface area contributed by atoms with Crippen LogP contribution in [-0.2, 0) is 19.6 Å². The fourth-order valence-corrected chi connectivity index (χ4v) is 7.80. The second-order valence-electron chi connectivity index (χ2n) is 10.1. The third kappa shape index (κ3) is 5.40. The number of nitrogens with zero attached hydrogens (tertiary/aromatic N) is 3. The van der Waals surface area contributed by atoms with Crippen molar-refractivity contribution in [1.29, 1.82) is 0 Å². The number of benzene rings is 2. The lowest BCUT2D eigenvalue weighted by Crippen LogP contribution is -2.62. The van der Waals surface area contributed by atoms with E-state index in [9.17, 15) is 22.4 Å². The second-order valence-corrected chi connectivity index (χ2v) is 12.4. The minimum absolute atomic E-state index is 0.105. The second kappa shape index (κ2) is 11.5. The molecule has 2 aromatic carbocycles. The molecule has 3 aromatic rings. The van der Waals surface area contributed by atoms with E-state index in [1.165, 1.54) is 36.7 Å². The molecule has 0 radical (unpaired) electrons. The summed E-state index contributed by atoms with van der Waals surface area (Å²) in [6, 6.07) is 13.2. The lowest BCUT2D eigenvalue weighted by Gasteiger charge is -2.41. The molecule has 1 aromatic heterocycles. The Kier molecular flexibility index (Phi) is 8.04. The number of rotatable bonds is 7. The maximum Gasteiger partial charge on any atom is 0.252 e. The average Bonchev–Trinajstić information content (AvgIpc) is 3.22. The SMILES string of the molecule is O=C(NC1CCCCC1)[C@@H](c1ccccc1Cl)C1(C(=O)Nc2cccc(F)c2)CCS(=O)(=O)N1c1ncccn1. The van der Waals surface area contributed by atoms with E-state index in [4.69, 9.17) is 11.6 Å². The summed E-state index contributed by atoms with van der Waals surface area (Å²) in [5.74, 6) is -4.02. The van der Waals surface area contributed by atoms with Crippen molar-refractivity contribution < 1.29 is 22.4 Å². The first-order chi connectivity index (χ1) is 19.2. The summed E-state index contributed by atoms with van der Waals surface area (Å²) in [7, 11) is -4.18. The molecule has 1 saturated heterocycles. The van der Waals surface area contributed by atoms with Crippen LogP contribution in [0.4, 0.5) is 16.0 Å². The van der Waals surface area contributed by atoms with Crippen molar-refractivity contribution in [2.24, 2.45) is 0 Å². The largest absolute Gasteiger partial charge is 0.353 e. The Balaban J connectivity index is 1.71. The molecule has 0 bridgehead atoms. The van der Waals surface area contributed by atoms with Gasteiger partial charge >= 0.3 is 0 Å². The van der Waals surface area contributed by atoms with E-state index < -0.39 is 44.9 Å². The van der Waals surface area contributed by atoms with Crippen LogP contribution in [0.2, 0.25) is 5.02 Å². The quantitative estimate of drug-likeness (QED) is 0.423. The minimum Gasteiger partial charge on any atom is -0.353 e. The molecule has 2 N–H and O–H groups in total. The van der Waals surface area contributed by atoms with Gasteiger partial charge in [-0.1, -0.05) is 55.1 Å². The zero-order valence-corrected chi connectivity index (χ0v) is 23.2. The third-order valence-corrected chi connectivity index (χ3v) is 9.61. The standard InChI is InChI=1S/C28H29ClFN5O4S/c29-23-13-5-4-12-22(23)24(25(36)33-20-9-2-1-3-10-20)28(26(37)34-21-11-6-8-19(30)18-21)14-17-40(38,39)35(28)27-31-15-7-16-32-27/h4-8,11-13,15-16,18,20,24H,1-3,9-10,14,17H2,(H,33,36)(H,34,37)/t24-,28?/m1/s1. The molecule has 2 atom stereocenters. The Morgan fingerprint density at radius 3 is 2.45 bits per heavy atom. The molecule has 0 spiro atoms. The smallest absolute Gasteiger partial charge is 0.252 e. The van der Waals surface area contributed by atoms with Gasteiger partial charge in [-0.05, 0) is 55.2 Å². The van der Waals surface area contributed by atoms with Crippen LogP contribution in [0.5, 0.6) is 0 Å². The summed E-state index contributed by atoms with van der Waals surface area (Å²) in [6.07, 6.45) is 6.97. The number of sulfonamides is 1. The molecular formula is C28H29ClFN5O4S. The van der Waals surface area contributed by atoms with E-state index in [0.717, 1.165) is 42.5 Å². The van der Waals surface area contributed by atoms with Gasteiger partial charge in [0.2, 0.25) is 21.9 Å². The maximum absolute atomic E-state index is 14.4. The molecule has 1 saturated carbocycles. The van der Waals surface area contributed by atoms with E-state index in [2.05, 4.69) is 20.6 Å². The van der Waals surface area contributed by atoms with Gasteiger partial charge in [0.25, 0.3) is 5.91 Å².